The van der Waals surface area contributed by atoms with Crippen LogP contribution in [0, 0.1) is 0 Å². The number of aromatic nitrogens is 1. The van der Waals surface area contributed by atoms with E-state index in [0.29, 0.717) is 5.75 Å². The van der Waals surface area contributed by atoms with Gasteiger partial charge in [0.1, 0.15) is 11.5 Å². The number of ether oxygens (including phenoxy) is 2. The highest BCUT2D eigenvalue weighted by Crippen LogP contribution is 2.24. The molecule has 1 amide bonds. The Kier molecular flexibility index (Phi) is 5.72. The summed E-state index contributed by atoms with van der Waals surface area (Å²) in [6, 6.07) is 23.1. The van der Waals surface area contributed by atoms with Crippen LogP contribution in [0.25, 0.3) is 10.2 Å². The number of rotatable bonds is 7. The summed E-state index contributed by atoms with van der Waals surface area (Å²) in [6.07, 6.45) is 0.772. The Balaban J connectivity index is 1.30. The van der Waals surface area contributed by atoms with Gasteiger partial charge in [0.05, 0.1) is 22.3 Å². The number of methoxy groups -OCH3 is 1. The predicted octanol–water partition coefficient (Wildman–Crippen LogP) is 4.91. The van der Waals surface area contributed by atoms with Crippen LogP contribution in [-0.2, 0) is 11.2 Å². The Morgan fingerprint density at radius 3 is 2.41 bits per heavy atom. The molecule has 5 nitrogen and oxygen atoms in total. The molecular weight excluding hydrogens is 384 g/mol. The fourth-order valence-corrected chi connectivity index (χ4v) is 3.90. The zero-order chi connectivity index (χ0) is 20.1. The van der Waals surface area contributed by atoms with E-state index in [4.69, 9.17) is 9.47 Å². The third-order valence-electron chi connectivity index (χ3n) is 4.36. The van der Waals surface area contributed by atoms with Crippen molar-refractivity contribution in [2.24, 2.45) is 0 Å². The van der Waals surface area contributed by atoms with Gasteiger partial charge < -0.3 is 14.8 Å². The van der Waals surface area contributed by atoms with Crippen molar-refractivity contribution in [3.05, 3.63) is 83.4 Å². The molecule has 0 spiro atoms. The molecule has 0 aliphatic carbocycles. The Morgan fingerprint density at radius 2 is 1.69 bits per heavy atom. The first-order chi connectivity index (χ1) is 14.2. The average Bonchev–Trinajstić information content (AvgIpc) is 3.16. The molecule has 3 aromatic carbocycles. The fraction of sp³-hybridized carbons (Fsp3) is 0.130. The van der Waals surface area contributed by atoms with Crippen molar-refractivity contribution in [2.75, 3.05) is 19.0 Å². The molecule has 0 atom stereocenters. The van der Waals surface area contributed by atoms with Crippen LogP contribution < -0.4 is 14.8 Å². The highest BCUT2D eigenvalue weighted by atomic mass is 32.1. The zero-order valence-corrected chi connectivity index (χ0v) is 16.7. The van der Waals surface area contributed by atoms with Crippen LogP contribution >= 0.6 is 11.3 Å². The first-order valence-corrected chi connectivity index (χ1v) is 10.0. The summed E-state index contributed by atoms with van der Waals surface area (Å²) in [6.45, 7) is -0.0558. The van der Waals surface area contributed by atoms with Crippen molar-refractivity contribution < 1.29 is 14.3 Å². The lowest BCUT2D eigenvalue weighted by Gasteiger charge is -2.08. The maximum atomic E-state index is 12.1. The number of fused-ring (bicyclic) bond motifs is 1. The van der Waals surface area contributed by atoms with Gasteiger partial charge in [-0.15, -0.1) is 11.3 Å². The van der Waals surface area contributed by atoms with Gasteiger partial charge in [-0.2, -0.15) is 0 Å². The first-order valence-electron chi connectivity index (χ1n) is 9.20. The number of hydrogen-bond donors (Lipinski definition) is 1. The van der Waals surface area contributed by atoms with Crippen molar-refractivity contribution in [3.63, 3.8) is 0 Å². The predicted molar refractivity (Wildman–Crippen MR) is 116 cm³/mol. The lowest BCUT2D eigenvalue weighted by molar-refractivity contribution is -0.118. The minimum absolute atomic E-state index is 0.0558. The summed E-state index contributed by atoms with van der Waals surface area (Å²) in [5, 5.41) is 3.93. The second-order valence-electron chi connectivity index (χ2n) is 6.46. The molecular formula is C23H20N2O3S. The van der Waals surface area contributed by atoms with Crippen LogP contribution in [0.1, 0.15) is 10.6 Å². The van der Waals surface area contributed by atoms with Crippen molar-refractivity contribution in [1.82, 2.24) is 4.98 Å². The smallest absolute Gasteiger partial charge is 0.262 e. The van der Waals surface area contributed by atoms with Crippen LogP contribution in [0.5, 0.6) is 11.5 Å². The summed E-state index contributed by atoms with van der Waals surface area (Å²) in [5.74, 6) is 1.15. The van der Waals surface area contributed by atoms with Gasteiger partial charge in [0.2, 0.25) is 0 Å². The molecule has 0 saturated carbocycles. The molecule has 0 unspecified atom stereocenters. The molecule has 0 bridgehead atoms. The lowest BCUT2D eigenvalue weighted by Crippen LogP contribution is -2.20. The lowest BCUT2D eigenvalue weighted by atomic mass is 10.1. The average molecular weight is 404 g/mol. The SMILES string of the molecule is COc1ccc(OCC(=O)Nc2ccc(Cc3nc4ccccc4s3)cc2)cc1. The standard InChI is InChI=1S/C23H20N2O3S/c1-27-18-10-12-19(13-11-18)28-15-22(26)24-17-8-6-16(7-9-17)14-23-25-20-4-2-3-5-21(20)29-23/h2-13H,14-15H2,1H3,(H,24,26). The van der Waals surface area contributed by atoms with Crippen molar-refractivity contribution >= 4 is 33.1 Å². The number of carbonyl (C=O) groups is 1. The van der Waals surface area contributed by atoms with Crippen LogP contribution in [0.2, 0.25) is 0 Å². The van der Waals surface area contributed by atoms with Crippen LogP contribution in [-0.4, -0.2) is 24.6 Å². The van der Waals surface area contributed by atoms with Gasteiger partial charge in [-0.3, -0.25) is 4.79 Å². The van der Waals surface area contributed by atoms with Crippen molar-refractivity contribution in [1.29, 1.82) is 0 Å². The Bertz CT molecular complexity index is 1070. The van der Waals surface area contributed by atoms with E-state index in [1.165, 1.54) is 4.70 Å². The van der Waals surface area contributed by atoms with Crippen LogP contribution in [0.4, 0.5) is 5.69 Å². The molecule has 4 aromatic rings. The largest absolute Gasteiger partial charge is 0.497 e. The molecule has 1 N–H and O–H groups in total. The molecule has 6 heteroatoms. The van der Waals surface area contributed by atoms with E-state index < -0.39 is 0 Å². The zero-order valence-electron chi connectivity index (χ0n) is 15.9. The number of anilines is 1. The van der Waals surface area contributed by atoms with Crippen molar-refractivity contribution in [3.8, 4) is 11.5 Å². The topological polar surface area (TPSA) is 60.5 Å². The summed E-state index contributed by atoms with van der Waals surface area (Å²) >= 11 is 1.71. The summed E-state index contributed by atoms with van der Waals surface area (Å²) in [7, 11) is 1.60. The highest BCUT2D eigenvalue weighted by Gasteiger charge is 2.07. The normalized spacial score (nSPS) is 10.7. The molecule has 0 aliphatic rings. The Hall–Kier alpha value is -3.38. The molecule has 0 fully saturated rings. The number of para-hydroxylation sites is 1. The van der Waals surface area contributed by atoms with Gasteiger partial charge in [-0.05, 0) is 54.1 Å². The van der Waals surface area contributed by atoms with Gasteiger partial charge in [-0.25, -0.2) is 4.98 Å². The Morgan fingerprint density at radius 1 is 0.966 bits per heavy atom. The Labute approximate surface area is 172 Å². The molecule has 0 aliphatic heterocycles. The molecule has 29 heavy (non-hydrogen) atoms. The fourth-order valence-electron chi connectivity index (χ4n) is 2.89. The van der Waals surface area contributed by atoms with Gasteiger partial charge in [0.25, 0.3) is 5.91 Å². The second-order valence-corrected chi connectivity index (χ2v) is 7.58. The molecule has 146 valence electrons. The quantitative estimate of drug-likeness (QED) is 0.475. The first kappa shape index (κ1) is 19.0. The van der Waals surface area contributed by atoms with Crippen LogP contribution in [0.15, 0.2) is 72.8 Å². The minimum Gasteiger partial charge on any atom is -0.497 e. The molecule has 4 rings (SSSR count). The van der Waals surface area contributed by atoms with Gasteiger partial charge >= 0.3 is 0 Å². The van der Waals surface area contributed by atoms with E-state index in [0.717, 1.165) is 33.9 Å². The number of hydrogen-bond acceptors (Lipinski definition) is 5. The molecule has 1 aromatic heterocycles. The number of benzene rings is 3. The van der Waals surface area contributed by atoms with E-state index >= 15 is 0 Å². The van der Waals surface area contributed by atoms with Gasteiger partial charge in [-0.1, -0.05) is 24.3 Å². The van der Waals surface area contributed by atoms with E-state index in [1.807, 2.05) is 42.5 Å². The number of nitrogens with zero attached hydrogens (tertiary/aromatic N) is 1. The summed E-state index contributed by atoms with van der Waals surface area (Å²) in [4.78, 5) is 16.8. The third-order valence-corrected chi connectivity index (χ3v) is 5.40. The molecule has 0 saturated heterocycles. The highest BCUT2D eigenvalue weighted by molar-refractivity contribution is 7.18. The maximum Gasteiger partial charge on any atom is 0.262 e. The molecule has 1 heterocycles. The summed E-state index contributed by atoms with van der Waals surface area (Å²) in [5.41, 5.74) is 2.92. The third kappa shape index (κ3) is 4.92. The van der Waals surface area contributed by atoms with Crippen LogP contribution in [0.3, 0.4) is 0 Å². The number of amides is 1. The number of nitrogens with one attached hydrogen (secondary N) is 1. The van der Waals surface area contributed by atoms with Gasteiger partial charge in [0.15, 0.2) is 6.61 Å². The van der Waals surface area contributed by atoms with E-state index in [9.17, 15) is 4.79 Å². The minimum atomic E-state index is -0.209. The second kappa shape index (κ2) is 8.75. The van der Waals surface area contributed by atoms with E-state index in [-0.39, 0.29) is 12.5 Å². The summed E-state index contributed by atoms with van der Waals surface area (Å²) < 4.78 is 11.8. The van der Waals surface area contributed by atoms with E-state index in [1.54, 1.807) is 42.7 Å². The van der Waals surface area contributed by atoms with Gasteiger partial charge in [0, 0.05) is 12.1 Å². The van der Waals surface area contributed by atoms with E-state index in [2.05, 4.69) is 16.4 Å². The van der Waals surface area contributed by atoms with Crippen molar-refractivity contribution in [2.45, 2.75) is 6.42 Å². The number of carbonyl (C=O) groups excluding carboxylic acids is 1. The monoisotopic (exact) mass is 404 g/mol. The molecule has 0 radical (unpaired) electrons. The number of thiazole rings is 1. The maximum absolute atomic E-state index is 12.1.